The van der Waals surface area contributed by atoms with E-state index in [1.54, 1.807) is 17.7 Å². The highest BCUT2D eigenvalue weighted by molar-refractivity contribution is 8.00. The van der Waals surface area contributed by atoms with Crippen LogP contribution in [-0.2, 0) is 17.6 Å². The van der Waals surface area contributed by atoms with Crippen LogP contribution in [0, 0.1) is 6.92 Å². The third kappa shape index (κ3) is 3.48. The van der Waals surface area contributed by atoms with E-state index < -0.39 is 0 Å². The molecule has 0 radical (unpaired) electrons. The van der Waals surface area contributed by atoms with Crippen LogP contribution in [0.4, 0.5) is 5.69 Å². The van der Waals surface area contributed by atoms with Crippen LogP contribution < -0.4 is 5.32 Å². The molecule has 0 aliphatic heterocycles. The maximum absolute atomic E-state index is 12.6. The SMILES string of the molecule is Cc1cccc(NC(=O)[C@@H](C)Sc2ncnc3sc4c(c23)CCCC4)c1. The van der Waals surface area contributed by atoms with Crippen LogP contribution in [0.1, 0.15) is 35.8 Å². The minimum Gasteiger partial charge on any atom is -0.325 e. The van der Waals surface area contributed by atoms with Gasteiger partial charge in [0.05, 0.1) is 5.25 Å². The topological polar surface area (TPSA) is 54.9 Å². The van der Waals surface area contributed by atoms with E-state index in [9.17, 15) is 4.79 Å². The summed E-state index contributed by atoms with van der Waals surface area (Å²) < 4.78 is 0. The van der Waals surface area contributed by atoms with Crippen molar-refractivity contribution < 1.29 is 4.79 Å². The molecular weight excluding hydrogens is 362 g/mol. The normalized spacial score (nSPS) is 14.8. The summed E-state index contributed by atoms with van der Waals surface area (Å²) in [6.45, 7) is 3.95. The average Bonchev–Trinajstić information content (AvgIpc) is 3.01. The van der Waals surface area contributed by atoms with Crippen LogP contribution in [-0.4, -0.2) is 21.1 Å². The number of rotatable bonds is 4. The smallest absolute Gasteiger partial charge is 0.237 e. The molecule has 134 valence electrons. The molecule has 1 aliphatic carbocycles. The van der Waals surface area contributed by atoms with Gasteiger partial charge in [-0.2, -0.15) is 0 Å². The fourth-order valence-corrected chi connectivity index (χ4v) is 5.58. The summed E-state index contributed by atoms with van der Waals surface area (Å²) in [6.07, 6.45) is 6.34. The molecule has 4 nitrogen and oxygen atoms in total. The molecule has 6 heteroatoms. The first-order chi connectivity index (χ1) is 12.6. The van der Waals surface area contributed by atoms with Gasteiger partial charge in [-0.05, 0) is 62.8 Å². The number of aryl methyl sites for hydroxylation is 3. The van der Waals surface area contributed by atoms with Crippen molar-refractivity contribution in [2.45, 2.75) is 49.8 Å². The van der Waals surface area contributed by atoms with Gasteiger partial charge in [-0.3, -0.25) is 4.79 Å². The number of hydrogen-bond donors (Lipinski definition) is 1. The summed E-state index contributed by atoms with van der Waals surface area (Å²) in [5, 5.41) is 4.88. The highest BCUT2D eigenvalue weighted by Gasteiger charge is 2.23. The summed E-state index contributed by atoms with van der Waals surface area (Å²) in [5.74, 6) is -0.00328. The number of amides is 1. The van der Waals surface area contributed by atoms with Crippen LogP contribution in [0.15, 0.2) is 35.6 Å². The lowest BCUT2D eigenvalue weighted by Crippen LogP contribution is -2.22. The Kier molecular flexibility index (Phi) is 4.96. The monoisotopic (exact) mass is 383 g/mol. The average molecular weight is 384 g/mol. The van der Waals surface area contributed by atoms with Gasteiger partial charge < -0.3 is 5.32 Å². The van der Waals surface area contributed by atoms with Crippen molar-refractivity contribution in [3.63, 3.8) is 0 Å². The quantitative estimate of drug-likeness (QED) is 0.509. The van der Waals surface area contributed by atoms with Gasteiger partial charge in [0.1, 0.15) is 16.2 Å². The van der Waals surface area contributed by atoms with Gasteiger partial charge in [0.2, 0.25) is 5.91 Å². The lowest BCUT2D eigenvalue weighted by Gasteiger charge is -2.14. The van der Waals surface area contributed by atoms with E-state index in [0.29, 0.717) is 0 Å². The molecule has 1 aliphatic rings. The Labute approximate surface area is 161 Å². The molecule has 1 N–H and O–H groups in total. The van der Waals surface area contributed by atoms with E-state index in [4.69, 9.17) is 0 Å². The molecule has 1 aromatic carbocycles. The van der Waals surface area contributed by atoms with Crippen molar-refractivity contribution in [3.05, 3.63) is 46.6 Å². The van der Waals surface area contributed by atoms with Gasteiger partial charge >= 0.3 is 0 Å². The van der Waals surface area contributed by atoms with E-state index in [2.05, 4.69) is 15.3 Å². The highest BCUT2D eigenvalue weighted by Crippen LogP contribution is 2.40. The molecule has 1 amide bonds. The molecule has 0 saturated carbocycles. The maximum atomic E-state index is 12.6. The lowest BCUT2D eigenvalue weighted by molar-refractivity contribution is -0.115. The molecule has 2 heterocycles. The number of anilines is 1. The van der Waals surface area contributed by atoms with Gasteiger partial charge in [-0.15, -0.1) is 11.3 Å². The van der Waals surface area contributed by atoms with E-state index in [-0.39, 0.29) is 11.2 Å². The van der Waals surface area contributed by atoms with Crippen molar-refractivity contribution in [1.82, 2.24) is 9.97 Å². The summed E-state index contributed by atoms with van der Waals surface area (Å²) in [7, 11) is 0. The minimum atomic E-state index is -0.229. The van der Waals surface area contributed by atoms with Gasteiger partial charge in [0.25, 0.3) is 0 Å². The molecule has 0 unspecified atom stereocenters. The summed E-state index contributed by atoms with van der Waals surface area (Å²) >= 11 is 3.31. The van der Waals surface area contributed by atoms with Crippen LogP contribution >= 0.6 is 23.1 Å². The Hall–Kier alpha value is -1.92. The standard InChI is InChI=1S/C20H21N3OS2/c1-12-6-5-7-14(10-12)23-18(24)13(2)25-19-17-15-8-3-4-9-16(15)26-20(17)22-11-21-19/h5-7,10-11,13H,3-4,8-9H2,1-2H3,(H,23,24)/t13-/m1/s1. The number of thiophene rings is 1. The Morgan fingerprint density at radius 1 is 1.27 bits per heavy atom. The molecule has 2 aromatic heterocycles. The fraction of sp³-hybridized carbons (Fsp3) is 0.350. The molecule has 0 bridgehead atoms. The van der Waals surface area contributed by atoms with E-state index in [1.165, 1.54) is 40.4 Å². The van der Waals surface area contributed by atoms with Crippen molar-refractivity contribution in [1.29, 1.82) is 0 Å². The Balaban J connectivity index is 1.56. The zero-order chi connectivity index (χ0) is 18.1. The van der Waals surface area contributed by atoms with Crippen LogP contribution in [0.2, 0.25) is 0 Å². The van der Waals surface area contributed by atoms with Gasteiger partial charge in [-0.1, -0.05) is 23.9 Å². The van der Waals surface area contributed by atoms with Crippen molar-refractivity contribution in [2.24, 2.45) is 0 Å². The number of nitrogens with zero attached hydrogens (tertiary/aromatic N) is 2. The van der Waals surface area contributed by atoms with Crippen LogP contribution in [0.5, 0.6) is 0 Å². The van der Waals surface area contributed by atoms with Gasteiger partial charge in [-0.25, -0.2) is 9.97 Å². The Morgan fingerprint density at radius 2 is 2.12 bits per heavy atom. The van der Waals surface area contributed by atoms with Crippen molar-refractivity contribution >= 4 is 44.9 Å². The molecule has 4 rings (SSSR count). The van der Waals surface area contributed by atoms with E-state index >= 15 is 0 Å². The third-order valence-electron chi connectivity index (χ3n) is 4.66. The second-order valence-electron chi connectivity index (χ2n) is 6.69. The second-order valence-corrected chi connectivity index (χ2v) is 9.10. The predicted octanol–water partition coefficient (Wildman–Crippen LogP) is 5.00. The van der Waals surface area contributed by atoms with Crippen LogP contribution in [0.3, 0.4) is 0 Å². The summed E-state index contributed by atoms with van der Waals surface area (Å²) in [4.78, 5) is 24.1. The number of benzene rings is 1. The van der Waals surface area contributed by atoms with Crippen LogP contribution in [0.25, 0.3) is 10.2 Å². The molecule has 26 heavy (non-hydrogen) atoms. The van der Waals surface area contributed by atoms with Gasteiger partial charge in [0, 0.05) is 16.0 Å². The number of carbonyl (C=O) groups excluding carboxylic acids is 1. The zero-order valence-corrected chi connectivity index (χ0v) is 16.5. The number of thioether (sulfide) groups is 1. The third-order valence-corrected chi connectivity index (χ3v) is 6.96. The maximum Gasteiger partial charge on any atom is 0.237 e. The van der Waals surface area contributed by atoms with Crippen molar-refractivity contribution in [3.8, 4) is 0 Å². The van der Waals surface area contributed by atoms with E-state index in [1.807, 2.05) is 38.1 Å². The first kappa shape index (κ1) is 17.5. The molecule has 0 saturated heterocycles. The number of fused-ring (bicyclic) bond motifs is 3. The summed E-state index contributed by atoms with van der Waals surface area (Å²) in [6, 6.07) is 7.87. The van der Waals surface area contributed by atoms with Gasteiger partial charge in [0.15, 0.2) is 0 Å². The zero-order valence-electron chi connectivity index (χ0n) is 14.9. The molecule has 0 spiro atoms. The summed E-state index contributed by atoms with van der Waals surface area (Å²) in [5.41, 5.74) is 3.37. The molecule has 0 fully saturated rings. The number of aromatic nitrogens is 2. The molecule has 1 atom stereocenters. The lowest BCUT2D eigenvalue weighted by atomic mass is 9.97. The molecule has 3 aromatic rings. The van der Waals surface area contributed by atoms with Crippen molar-refractivity contribution in [2.75, 3.05) is 5.32 Å². The predicted molar refractivity (Wildman–Crippen MR) is 109 cm³/mol. The van der Waals surface area contributed by atoms with E-state index in [0.717, 1.165) is 33.9 Å². The highest BCUT2D eigenvalue weighted by atomic mass is 32.2. The second kappa shape index (κ2) is 7.37. The minimum absolute atomic E-state index is 0.00328. The number of hydrogen-bond acceptors (Lipinski definition) is 5. The number of nitrogens with one attached hydrogen (secondary N) is 1. The first-order valence-electron chi connectivity index (χ1n) is 8.91. The Morgan fingerprint density at radius 3 is 2.96 bits per heavy atom. The molecular formula is C20H21N3OS2. The first-order valence-corrected chi connectivity index (χ1v) is 10.6. The Bertz CT molecular complexity index is 967. The number of carbonyl (C=O) groups is 1. The largest absolute Gasteiger partial charge is 0.325 e. The fourth-order valence-electron chi connectivity index (χ4n) is 3.34.